The van der Waals surface area contributed by atoms with Crippen molar-refractivity contribution in [3.8, 4) is 78.6 Å². The molecule has 0 atom stereocenters. The first-order valence-electron chi connectivity index (χ1n) is 22.8. The zero-order valence-corrected chi connectivity index (χ0v) is 36.4. The SMILES string of the molecule is c1ccc(-c2nc(-c3ccc(-c4ccc(-c5c6ccccc6c(-c6ccccc6)c6c5ccc5ccccc56)c5ccccc45)cc3)cc(-c3ccccc3-c3cc4ccccc4o3)n2)cc1. The van der Waals surface area contributed by atoms with Crippen molar-refractivity contribution in [3.63, 3.8) is 0 Å². The molecule has 3 nitrogen and oxygen atoms in total. The van der Waals surface area contributed by atoms with Crippen molar-refractivity contribution in [2.24, 2.45) is 0 Å². The summed E-state index contributed by atoms with van der Waals surface area (Å²) in [6.07, 6.45) is 0. The van der Waals surface area contributed by atoms with E-state index in [1.54, 1.807) is 0 Å². The molecule has 0 spiro atoms. The lowest BCUT2D eigenvalue weighted by Gasteiger charge is -2.21. The van der Waals surface area contributed by atoms with Gasteiger partial charge in [-0.2, -0.15) is 0 Å². The van der Waals surface area contributed by atoms with E-state index >= 15 is 0 Å². The minimum Gasteiger partial charge on any atom is -0.456 e. The van der Waals surface area contributed by atoms with Gasteiger partial charge in [0.1, 0.15) is 11.3 Å². The van der Waals surface area contributed by atoms with Gasteiger partial charge in [-0.25, -0.2) is 9.97 Å². The molecule has 0 radical (unpaired) electrons. The summed E-state index contributed by atoms with van der Waals surface area (Å²) in [5.74, 6) is 1.47. The number of nitrogens with zero attached hydrogens (tertiary/aromatic N) is 2. The van der Waals surface area contributed by atoms with Crippen LogP contribution in [0, 0.1) is 0 Å². The summed E-state index contributed by atoms with van der Waals surface area (Å²) in [5, 5.41) is 11.0. The number of benzene rings is 11. The first kappa shape index (κ1) is 38.5. The van der Waals surface area contributed by atoms with Crippen LogP contribution in [0.5, 0.6) is 0 Å². The van der Waals surface area contributed by atoms with Crippen molar-refractivity contribution in [3.05, 3.63) is 243 Å². The van der Waals surface area contributed by atoms with Crippen LogP contribution in [0.3, 0.4) is 0 Å². The van der Waals surface area contributed by atoms with Gasteiger partial charge in [-0.3, -0.25) is 0 Å². The van der Waals surface area contributed by atoms with Crippen LogP contribution in [0.1, 0.15) is 0 Å². The first-order valence-corrected chi connectivity index (χ1v) is 22.8. The van der Waals surface area contributed by atoms with Crippen LogP contribution in [-0.2, 0) is 0 Å². The summed E-state index contributed by atoms with van der Waals surface area (Å²) in [6.45, 7) is 0. The molecule has 0 bridgehead atoms. The Kier molecular flexibility index (Phi) is 9.17. The number of fused-ring (bicyclic) bond motifs is 6. The maximum Gasteiger partial charge on any atom is 0.160 e. The predicted octanol–water partition coefficient (Wildman–Crippen LogP) is 17.5. The van der Waals surface area contributed by atoms with Crippen molar-refractivity contribution in [2.75, 3.05) is 0 Å². The lowest BCUT2D eigenvalue weighted by atomic mass is 9.82. The molecular formula is C64H40N2O. The Hall–Kier alpha value is -8.92. The minimum absolute atomic E-state index is 0.669. The van der Waals surface area contributed by atoms with E-state index in [2.05, 4.69) is 206 Å². The van der Waals surface area contributed by atoms with Crippen LogP contribution in [0.4, 0.5) is 0 Å². The largest absolute Gasteiger partial charge is 0.456 e. The number of hydrogen-bond acceptors (Lipinski definition) is 3. The van der Waals surface area contributed by atoms with E-state index in [1.165, 1.54) is 70.9 Å². The van der Waals surface area contributed by atoms with Crippen molar-refractivity contribution in [1.29, 1.82) is 0 Å². The maximum atomic E-state index is 6.40. The fourth-order valence-electron chi connectivity index (χ4n) is 10.2. The van der Waals surface area contributed by atoms with Gasteiger partial charge >= 0.3 is 0 Å². The van der Waals surface area contributed by atoms with E-state index in [-0.39, 0.29) is 0 Å². The summed E-state index contributed by atoms with van der Waals surface area (Å²) in [6, 6.07) is 86.5. The van der Waals surface area contributed by atoms with Crippen LogP contribution in [0.2, 0.25) is 0 Å². The number of hydrogen-bond donors (Lipinski definition) is 0. The standard InChI is InChI=1S/C64H40N2O/c1-3-18-44(19-4-1)61-53-28-14-15-29-54(53)62(56-36-35-41-17-7-9-23-48(41)63(56)61)55-38-37-47(49-24-10-11-25-50(49)55)42-31-33-43(34-32-42)57-40-58(66-64(65-57)45-20-5-2-6-21-45)51-26-12-13-27-52(51)60-39-46-22-8-16-30-59(46)67-60/h1-40H. The molecule has 0 saturated heterocycles. The van der Waals surface area contributed by atoms with Gasteiger partial charge in [0.2, 0.25) is 0 Å². The molecule has 312 valence electrons. The molecule has 3 heteroatoms. The Morgan fingerprint density at radius 3 is 1.58 bits per heavy atom. The van der Waals surface area contributed by atoms with Crippen molar-refractivity contribution in [2.45, 2.75) is 0 Å². The molecular weight excluding hydrogens is 813 g/mol. The molecule has 0 N–H and O–H groups in total. The van der Waals surface area contributed by atoms with Gasteiger partial charge in [0.25, 0.3) is 0 Å². The van der Waals surface area contributed by atoms with Gasteiger partial charge in [-0.05, 0) is 94.7 Å². The third-order valence-corrected chi connectivity index (χ3v) is 13.3. The van der Waals surface area contributed by atoms with Crippen molar-refractivity contribution in [1.82, 2.24) is 9.97 Å². The van der Waals surface area contributed by atoms with E-state index in [1.807, 2.05) is 36.4 Å². The van der Waals surface area contributed by atoms with E-state index in [4.69, 9.17) is 14.4 Å². The Balaban J connectivity index is 0.950. The third-order valence-electron chi connectivity index (χ3n) is 13.3. The fraction of sp³-hybridized carbons (Fsp3) is 0. The fourth-order valence-corrected chi connectivity index (χ4v) is 10.2. The van der Waals surface area contributed by atoms with Gasteiger partial charge in [-0.1, -0.05) is 224 Å². The Labute approximate surface area is 387 Å². The molecule has 0 fully saturated rings. The molecule has 11 aromatic carbocycles. The highest BCUT2D eigenvalue weighted by Crippen LogP contribution is 2.48. The second-order valence-electron chi connectivity index (χ2n) is 17.2. The van der Waals surface area contributed by atoms with Gasteiger partial charge in [0.15, 0.2) is 5.82 Å². The molecule has 0 aliphatic carbocycles. The minimum atomic E-state index is 0.669. The normalized spacial score (nSPS) is 11.6. The summed E-state index contributed by atoms with van der Waals surface area (Å²) in [7, 11) is 0. The molecule has 0 saturated carbocycles. The topological polar surface area (TPSA) is 38.9 Å². The zero-order valence-electron chi connectivity index (χ0n) is 36.4. The van der Waals surface area contributed by atoms with E-state index in [0.29, 0.717) is 5.82 Å². The number of rotatable bonds is 7. The van der Waals surface area contributed by atoms with Crippen LogP contribution < -0.4 is 0 Å². The second-order valence-corrected chi connectivity index (χ2v) is 17.2. The molecule has 0 aliphatic rings. The highest BCUT2D eigenvalue weighted by molar-refractivity contribution is 6.29. The summed E-state index contributed by atoms with van der Waals surface area (Å²) >= 11 is 0. The van der Waals surface area contributed by atoms with Crippen molar-refractivity contribution >= 4 is 54.1 Å². The van der Waals surface area contributed by atoms with Crippen LogP contribution in [0.25, 0.3) is 133 Å². The van der Waals surface area contributed by atoms with Crippen LogP contribution in [0.15, 0.2) is 247 Å². The molecule has 13 aromatic rings. The van der Waals surface area contributed by atoms with Gasteiger partial charge in [-0.15, -0.1) is 0 Å². The summed E-state index contributed by atoms with van der Waals surface area (Å²) in [4.78, 5) is 10.4. The quantitative estimate of drug-likeness (QED) is 0.118. The molecule has 2 aromatic heterocycles. The molecule has 0 aliphatic heterocycles. The predicted molar refractivity (Wildman–Crippen MR) is 280 cm³/mol. The first-order chi connectivity index (χ1) is 33.2. The van der Waals surface area contributed by atoms with Gasteiger partial charge in [0, 0.05) is 27.6 Å². The lowest BCUT2D eigenvalue weighted by Crippen LogP contribution is -1.97. The van der Waals surface area contributed by atoms with E-state index in [9.17, 15) is 0 Å². The molecule has 67 heavy (non-hydrogen) atoms. The lowest BCUT2D eigenvalue weighted by molar-refractivity contribution is 0.632. The summed E-state index contributed by atoms with van der Waals surface area (Å²) < 4.78 is 6.40. The Bertz CT molecular complexity index is 3990. The van der Waals surface area contributed by atoms with Gasteiger partial charge < -0.3 is 4.42 Å². The van der Waals surface area contributed by atoms with E-state index < -0.39 is 0 Å². The molecule has 2 heterocycles. The van der Waals surface area contributed by atoms with Gasteiger partial charge in [0.05, 0.1) is 11.4 Å². The molecule has 0 amide bonds. The monoisotopic (exact) mass is 852 g/mol. The maximum absolute atomic E-state index is 6.40. The number of furan rings is 1. The number of aromatic nitrogens is 2. The Morgan fingerprint density at radius 2 is 0.836 bits per heavy atom. The van der Waals surface area contributed by atoms with Crippen LogP contribution in [-0.4, -0.2) is 9.97 Å². The van der Waals surface area contributed by atoms with E-state index in [0.717, 1.165) is 55.9 Å². The third kappa shape index (κ3) is 6.59. The molecule has 13 rings (SSSR count). The zero-order chi connectivity index (χ0) is 44.3. The second kappa shape index (κ2) is 16.0. The average Bonchev–Trinajstić information content (AvgIpc) is 3.85. The Morgan fingerprint density at radius 1 is 0.284 bits per heavy atom. The average molecular weight is 853 g/mol. The highest BCUT2D eigenvalue weighted by Gasteiger charge is 2.21. The highest BCUT2D eigenvalue weighted by atomic mass is 16.3. The van der Waals surface area contributed by atoms with Crippen LogP contribution >= 0.6 is 0 Å². The molecule has 0 unspecified atom stereocenters. The van der Waals surface area contributed by atoms with Crippen molar-refractivity contribution < 1.29 is 4.42 Å². The smallest absolute Gasteiger partial charge is 0.160 e. The summed E-state index contributed by atoms with van der Waals surface area (Å²) in [5.41, 5.74) is 13.7. The number of para-hydroxylation sites is 1.